The molecule has 0 bridgehead atoms. The number of nitrogens with zero attached hydrogens (tertiary/aromatic N) is 2. The molecule has 0 aliphatic carbocycles. The summed E-state index contributed by atoms with van der Waals surface area (Å²) in [5.41, 5.74) is 1.35. The Morgan fingerprint density at radius 3 is 2.70 bits per heavy atom. The zero-order valence-electron chi connectivity index (χ0n) is 14.5. The highest BCUT2D eigenvalue weighted by Gasteiger charge is 2.14. The van der Waals surface area contributed by atoms with E-state index in [9.17, 15) is 13.6 Å². The molecule has 5 nitrogen and oxygen atoms in total. The van der Waals surface area contributed by atoms with Crippen LogP contribution in [0.25, 0.3) is 11.4 Å². The molecule has 8 heteroatoms. The minimum Gasteiger partial charge on any atom is -0.370 e. The maximum absolute atomic E-state index is 14.2. The molecule has 0 spiro atoms. The Hall–Kier alpha value is -2.80. The second kappa shape index (κ2) is 8.26. The van der Waals surface area contributed by atoms with Crippen molar-refractivity contribution in [1.82, 2.24) is 15.0 Å². The van der Waals surface area contributed by atoms with Crippen LogP contribution in [0.15, 0.2) is 41.3 Å². The van der Waals surface area contributed by atoms with Gasteiger partial charge in [-0.25, -0.2) is 18.7 Å². The fourth-order valence-corrected chi connectivity index (χ4v) is 2.71. The Kier molecular flexibility index (Phi) is 5.81. The number of anilines is 1. The molecule has 0 aliphatic rings. The van der Waals surface area contributed by atoms with E-state index in [1.165, 1.54) is 6.07 Å². The monoisotopic (exact) mass is 390 g/mol. The molecule has 0 saturated heterocycles. The van der Waals surface area contributed by atoms with Gasteiger partial charge in [-0.3, -0.25) is 4.79 Å². The van der Waals surface area contributed by atoms with Crippen molar-refractivity contribution in [3.8, 4) is 11.4 Å². The summed E-state index contributed by atoms with van der Waals surface area (Å²) in [6.07, 6.45) is 2.80. The van der Waals surface area contributed by atoms with E-state index in [2.05, 4.69) is 20.3 Å². The van der Waals surface area contributed by atoms with Crippen LogP contribution in [-0.2, 0) is 12.8 Å². The highest BCUT2D eigenvalue weighted by Crippen LogP contribution is 2.26. The second-order valence-electron chi connectivity index (χ2n) is 5.91. The molecule has 1 aromatic carbocycles. The smallest absolute Gasteiger partial charge is 0.248 e. The van der Waals surface area contributed by atoms with Gasteiger partial charge in [0.05, 0.1) is 10.6 Å². The predicted octanol–water partition coefficient (Wildman–Crippen LogP) is 3.98. The van der Waals surface area contributed by atoms with Gasteiger partial charge in [0.2, 0.25) is 5.56 Å². The van der Waals surface area contributed by atoms with Gasteiger partial charge in [0.25, 0.3) is 0 Å². The molecule has 0 amide bonds. The number of aromatic amines is 1. The molecular formula is C19H17ClF2N4O. The first-order chi connectivity index (χ1) is 13.0. The molecule has 0 radical (unpaired) electrons. The van der Waals surface area contributed by atoms with Crippen LogP contribution >= 0.6 is 11.6 Å². The molecule has 0 atom stereocenters. The van der Waals surface area contributed by atoms with Crippen molar-refractivity contribution in [2.24, 2.45) is 0 Å². The zero-order chi connectivity index (χ0) is 19.4. The first-order valence-electron chi connectivity index (χ1n) is 8.40. The summed E-state index contributed by atoms with van der Waals surface area (Å²) >= 11 is 5.61. The molecular weight excluding hydrogens is 374 g/mol. The Balaban J connectivity index is 1.83. The van der Waals surface area contributed by atoms with E-state index in [4.69, 9.17) is 11.6 Å². The summed E-state index contributed by atoms with van der Waals surface area (Å²) in [6, 6.07) is 7.00. The first-order valence-corrected chi connectivity index (χ1v) is 8.78. The van der Waals surface area contributed by atoms with Gasteiger partial charge in [-0.15, -0.1) is 0 Å². The lowest BCUT2D eigenvalue weighted by Crippen LogP contribution is -2.11. The van der Waals surface area contributed by atoms with Crippen LogP contribution in [0, 0.1) is 11.6 Å². The van der Waals surface area contributed by atoms with Crippen molar-refractivity contribution in [2.75, 3.05) is 11.9 Å². The Labute approximate surface area is 159 Å². The number of aryl methyl sites for hydroxylation is 1. The topological polar surface area (TPSA) is 70.7 Å². The number of hydrogen-bond donors (Lipinski definition) is 2. The van der Waals surface area contributed by atoms with Gasteiger partial charge < -0.3 is 10.3 Å². The summed E-state index contributed by atoms with van der Waals surface area (Å²) in [4.78, 5) is 22.5. The largest absolute Gasteiger partial charge is 0.370 e. The molecule has 0 fully saturated rings. The van der Waals surface area contributed by atoms with E-state index in [0.717, 1.165) is 17.7 Å². The number of benzene rings is 1. The van der Waals surface area contributed by atoms with Gasteiger partial charge in [0.15, 0.2) is 5.82 Å². The standard InChI is InChI=1S/C19H17ClF2N4O/c1-2-12-8-17(23-5-3-11-4-6-24-18(27)7-11)26-19(25-12)13-9-16(22)14(20)10-15(13)21/h4,6-10H,2-3,5H2,1H3,(H,24,27)(H,23,25,26). The molecule has 0 aliphatic heterocycles. The van der Waals surface area contributed by atoms with E-state index in [0.29, 0.717) is 30.9 Å². The van der Waals surface area contributed by atoms with Crippen LogP contribution in [0.2, 0.25) is 5.02 Å². The van der Waals surface area contributed by atoms with Crippen LogP contribution < -0.4 is 10.9 Å². The number of pyridine rings is 1. The summed E-state index contributed by atoms with van der Waals surface area (Å²) in [6.45, 7) is 2.42. The SMILES string of the molecule is CCc1cc(NCCc2cc[nH]c(=O)c2)nc(-c2cc(F)c(Cl)cc2F)n1. The van der Waals surface area contributed by atoms with Crippen molar-refractivity contribution in [3.05, 3.63) is 74.8 Å². The molecule has 2 aromatic heterocycles. The lowest BCUT2D eigenvalue weighted by atomic mass is 10.1. The van der Waals surface area contributed by atoms with Gasteiger partial charge in [-0.05, 0) is 36.6 Å². The predicted molar refractivity (Wildman–Crippen MR) is 101 cm³/mol. The van der Waals surface area contributed by atoms with Crippen LogP contribution in [0.3, 0.4) is 0 Å². The fraction of sp³-hybridized carbons (Fsp3) is 0.211. The van der Waals surface area contributed by atoms with Crippen molar-refractivity contribution >= 4 is 17.4 Å². The fourth-order valence-electron chi connectivity index (χ4n) is 2.56. The molecule has 2 heterocycles. The van der Waals surface area contributed by atoms with Gasteiger partial charge in [-0.2, -0.15) is 0 Å². The summed E-state index contributed by atoms with van der Waals surface area (Å²) < 4.78 is 28.0. The lowest BCUT2D eigenvalue weighted by molar-refractivity contribution is 0.602. The lowest BCUT2D eigenvalue weighted by Gasteiger charge is -2.10. The van der Waals surface area contributed by atoms with E-state index in [1.54, 1.807) is 12.3 Å². The highest BCUT2D eigenvalue weighted by atomic mass is 35.5. The van der Waals surface area contributed by atoms with Gasteiger partial charge in [0, 0.05) is 30.6 Å². The number of halogens is 3. The van der Waals surface area contributed by atoms with Crippen molar-refractivity contribution < 1.29 is 8.78 Å². The van der Waals surface area contributed by atoms with Crippen LogP contribution in [0.4, 0.5) is 14.6 Å². The average Bonchev–Trinajstić information content (AvgIpc) is 2.64. The molecule has 27 heavy (non-hydrogen) atoms. The minimum atomic E-state index is -0.734. The Morgan fingerprint density at radius 1 is 1.15 bits per heavy atom. The highest BCUT2D eigenvalue weighted by molar-refractivity contribution is 6.30. The molecule has 3 aromatic rings. The number of rotatable bonds is 6. The molecule has 3 rings (SSSR count). The van der Waals surface area contributed by atoms with E-state index < -0.39 is 11.6 Å². The number of hydrogen-bond acceptors (Lipinski definition) is 4. The van der Waals surface area contributed by atoms with Gasteiger partial charge in [-0.1, -0.05) is 18.5 Å². The van der Waals surface area contributed by atoms with E-state index in [1.807, 2.05) is 13.0 Å². The third kappa shape index (κ3) is 4.68. The quantitative estimate of drug-likeness (QED) is 0.624. The van der Waals surface area contributed by atoms with Crippen LogP contribution in [0.5, 0.6) is 0 Å². The number of nitrogens with one attached hydrogen (secondary N) is 2. The van der Waals surface area contributed by atoms with Crippen molar-refractivity contribution in [3.63, 3.8) is 0 Å². The number of aromatic nitrogens is 3. The Bertz CT molecular complexity index is 1020. The molecule has 0 saturated carbocycles. The summed E-state index contributed by atoms with van der Waals surface area (Å²) in [7, 11) is 0. The normalized spacial score (nSPS) is 10.8. The second-order valence-corrected chi connectivity index (χ2v) is 6.31. The zero-order valence-corrected chi connectivity index (χ0v) is 15.3. The Morgan fingerprint density at radius 2 is 1.96 bits per heavy atom. The van der Waals surface area contributed by atoms with Crippen molar-refractivity contribution in [1.29, 1.82) is 0 Å². The maximum atomic E-state index is 14.2. The number of H-pyrrole nitrogens is 1. The maximum Gasteiger partial charge on any atom is 0.248 e. The third-order valence-corrected chi connectivity index (χ3v) is 4.24. The molecule has 2 N–H and O–H groups in total. The third-order valence-electron chi connectivity index (χ3n) is 3.95. The van der Waals surface area contributed by atoms with Crippen LogP contribution in [0.1, 0.15) is 18.2 Å². The first kappa shape index (κ1) is 19.0. The van der Waals surface area contributed by atoms with Gasteiger partial charge in [0.1, 0.15) is 17.5 Å². The summed E-state index contributed by atoms with van der Waals surface area (Å²) in [5, 5.41) is 2.84. The van der Waals surface area contributed by atoms with Crippen molar-refractivity contribution in [2.45, 2.75) is 19.8 Å². The minimum absolute atomic E-state index is 0.0511. The molecule has 140 valence electrons. The van der Waals surface area contributed by atoms with E-state index >= 15 is 0 Å². The molecule has 0 unspecified atom stereocenters. The van der Waals surface area contributed by atoms with Gasteiger partial charge >= 0.3 is 0 Å². The van der Waals surface area contributed by atoms with Crippen LogP contribution in [-0.4, -0.2) is 21.5 Å². The summed E-state index contributed by atoms with van der Waals surface area (Å²) in [5.74, 6) is -0.844. The average molecular weight is 391 g/mol. The van der Waals surface area contributed by atoms with E-state index in [-0.39, 0.29) is 22.0 Å².